The van der Waals surface area contributed by atoms with Gasteiger partial charge in [-0.1, -0.05) is 54.6 Å². The molecular formula is C31H32N6O12S2. The molecule has 7 N–H and O–H groups in total. The highest BCUT2D eigenvalue weighted by atomic mass is 32.2. The number of benzene rings is 2. The van der Waals surface area contributed by atoms with Gasteiger partial charge in [0.2, 0.25) is 0 Å². The number of hydrogen-bond acceptors (Lipinski definition) is 11. The zero-order chi connectivity index (χ0) is 37.3. The smallest absolute Gasteiger partial charge is 0.294 e. The summed E-state index contributed by atoms with van der Waals surface area (Å²) in [6.45, 7) is -1.91. The highest BCUT2D eigenvalue weighted by Gasteiger charge is 2.34. The average Bonchev–Trinajstić information content (AvgIpc) is 3.56. The van der Waals surface area contributed by atoms with Gasteiger partial charge in [0, 0.05) is 13.1 Å². The highest BCUT2D eigenvalue weighted by Crippen LogP contribution is 2.23. The number of aliphatic hydroxyl groups is 2. The van der Waals surface area contributed by atoms with Gasteiger partial charge >= 0.3 is 0 Å². The number of hydrazone groups is 1. The number of hydrogen-bond donors (Lipinski definition) is 7. The molecule has 4 rings (SSSR count). The Hall–Kier alpha value is -5.51. The van der Waals surface area contributed by atoms with Crippen LogP contribution in [-0.4, -0.2) is 101 Å². The molecular weight excluding hydrogens is 713 g/mol. The van der Waals surface area contributed by atoms with Crippen LogP contribution in [-0.2, 0) is 42.9 Å². The van der Waals surface area contributed by atoms with Crippen LogP contribution in [0.2, 0.25) is 0 Å². The monoisotopic (exact) mass is 744 g/mol. The Bertz CT molecular complexity index is 2240. The van der Waals surface area contributed by atoms with E-state index in [9.17, 15) is 45.1 Å². The quantitative estimate of drug-likeness (QED) is 0.0586. The first-order chi connectivity index (χ1) is 24.2. The summed E-state index contributed by atoms with van der Waals surface area (Å²) in [5.74, 6) is -2.39. The Morgan fingerprint density at radius 2 is 1.33 bits per heavy atom. The molecule has 270 valence electrons. The summed E-state index contributed by atoms with van der Waals surface area (Å²) in [7, 11) is -9.30. The van der Waals surface area contributed by atoms with Crippen LogP contribution in [0.15, 0.2) is 98.1 Å². The van der Waals surface area contributed by atoms with Crippen molar-refractivity contribution in [3.05, 3.63) is 111 Å². The molecule has 0 unspecified atom stereocenters. The number of nitrogens with one attached hydrogen (secondary N) is 3. The number of carbonyl (C=O) groups is 3. The first kappa shape index (κ1) is 38.3. The Labute approximate surface area is 290 Å². The number of aliphatic hydroxyl groups excluding tert-OH is 2. The molecule has 3 amide bonds. The fourth-order valence-corrected chi connectivity index (χ4v) is 6.23. The average molecular weight is 745 g/mol. The van der Waals surface area contributed by atoms with Crippen LogP contribution in [0, 0.1) is 0 Å². The molecule has 18 nitrogen and oxygen atoms in total. The van der Waals surface area contributed by atoms with E-state index in [2.05, 4.69) is 20.8 Å². The van der Waals surface area contributed by atoms with Crippen LogP contribution >= 0.6 is 0 Å². The van der Waals surface area contributed by atoms with E-state index in [4.69, 9.17) is 10.2 Å². The van der Waals surface area contributed by atoms with Crippen LogP contribution in [0.25, 0.3) is 6.08 Å². The highest BCUT2D eigenvalue weighted by molar-refractivity contribution is 7.86. The van der Waals surface area contributed by atoms with Gasteiger partial charge in [-0.25, -0.2) is 9.69 Å². The summed E-state index contributed by atoms with van der Waals surface area (Å²) >= 11 is 0. The van der Waals surface area contributed by atoms with Crippen molar-refractivity contribution < 1.29 is 50.5 Å². The molecule has 0 aliphatic carbocycles. The molecule has 1 aliphatic heterocycles. The summed E-state index contributed by atoms with van der Waals surface area (Å²) in [4.78, 5) is 51.4. The van der Waals surface area contributed by atoms with Crippen molar-refractivity contribution in [2.24, 2.45) is 5.10 Å². The molecule has 1 aliphatic rings. The SMILES string of the molecule is O=C(NCCO)C1=NN(Cc2ccccc2S(=O)(=O)O)C(=O)/C1=C/C=C/C=C/c1c(C(=O)NCCO)[nH]n(Cc2ccccc2S(=O)(=O)O)c1=O. The summed E-state index contributed by atoms with van der Waals surface area (Å²) in [6, 6.07) is 10.7. The zero-order valence-electron chi connectivity index (χ0n) is 26.5. The Kier molecular flexibility index (Phi) is 12.4. The van der Waals surface area contributed by atoms with Gasteiger partial charge in [0.15, 0.2) is 5.71 Å². The minimum absolute atomic E-state index is 0.0180. The number of aromatic amines is 1. The molecule has 20 heteroatoms. The molecule has 51 heavy (non-hydrogen) atoms. The predicted octanol–water partition coefficient (Wildman–Crippen LogP) is -0.557. The van der Waals surface area contributed by atoms with Crippen molar-refractivity contribution >= 4 is 49.7 Å². The molecule has 2 aromatic carbocycles. The lowest BCUT2D eigenvalue weighted by molar-refractivity contribution is -0.126. The van der Waals surface area contributed by atoms with Crippen molar-refractivity contribution in [3.63, 3.8) is 0 Å². The van der Waals surface area contributed by atoms with E-state index in [-0.39, 0.29) is 53.3 Å². The van der Waals surface area contributed by atoms with Gasteiger partial charge in [-0.05, 0) is 35.4 Å². The van der Waals surface area contributed by atoms with Gasteiger partial charge in [0.1, 0.15) is 5.69 Å². The number of carbonyl (C=O) groups excluding carboxylic acids is 3. The lowest BCUT2D eigenvalue weighted by atomic mass is 10.1. The Morgan fingerprint density at radius 3 is 1.90 bits per heavy atom. The summed E-state index contributed by atoms with van der Waals surface area (Å²) in [5.41, 5.74) is -1.66. The minimum atomic E-state index is -4.65. The van der Waals surface area contributed by atoms with Gasteiger partial charge in [-0.2, -0.15) is 21.9 Å². The second-order valence-corrected chi connectivity index (χ2v) is 13.3. The van der Waals surface area contributed by atoms with E-state index in [0.29, 0.717) is 0 Å². The molecule has 0 fully saturated rings. The summed E-state index contributed by atoms with van der Waals surface area (Å²) in [5, 5.41) is 30.5. The minimum Gasteiger partial charge on any atom is -0.395 e. The third-order valence-electron chi connectivity index (χ3n) is 7.07. The third-order valence-corrected chi connectivity index (χ3v) is 8.97. The lowest BCUT2D eigenvalue weighted by Crippen LogP contribution is -2.33. The van der Waals surface area contributed by atoms with E-state index in [1.165, 1.54) is 66.8 Å². The summed E-state index contributed by atoms with van der Waals surface area (Å²) < 4.78 is 67.5. The fraction of sp³-hybridized carbons (Fsp3) is 0.194. The van der Waals surface area contributed by atoms with Crippen molar-refractivity contribution in [2.45, 2.75) is 22.9 Å². The van der Waals surface area contributed by atoms with Gasteiger partial charge in [0.05, 0.1) is 47.2 Å². The van der Waals surface area contributed by atoms with Crippen molar-refractivity contribution in [2.75, 3.05) is 26.3 Å². The first-order valence-electron chi connectivity index (χ1n) is 14.8. The van der Waals surface area contributed by atoms with E-state index in [1.807, 2.05) is 0 Å². The molecule has 0 atom stereocenters. The molecule has 2 heterocycles. The maximum atomic E-state index is 13.3. The fourth-order valence-electron chi connectivity index (χ4n) is 4.81. The van der Waals surface area contributed by atoms with Gasteiger partial charge in [-0.15, -0.1) is 0 Å². The van der Waals surface area contributed by atoms with E-state index in [1.54, 1.807) is 0 Å². The largest absolute Gasteiger partial charge is 0.395 e. The van der Waals surface area contributed by atoms with Gasteiger partial charge < -0.3 is 20.8 Å². The topological polar surface area (TPSA) is 278 Å². The van der Waals surface area contributed by atoms with Crippen molar-refractivity contribution in [1.29, 1.82) is 0 Å². The van der Waals surface area contributed by atoms with Gasteiger partial charge in [-0.3, -0.25) is 33.4 Å². The van der Waals surface area contributed by atoms with E-state index in [0.717, 1.165) is 21.8 Å². The number of aromatic nitrogens is 2. The molecule has 0 radical (unpaired) electrons. The molecule has 0 saturated carbocycles. The van der Waals surface area contributed by atoms with Crippen LogP contribution in [0.5, 0.6) is 0 Å². The second-order valence-electron chi connectivity index (χ2n) is 10.6. The maximum Gasteiger partial charge on any atom is 0.294 e. The van der Waals surface area contributed by atoms with Gasteiger partial charge in [0.25, 0.3) is 43.5 Å². The van der Waals surface area contributed by atoms with Crippen LogP contribution in [0.4, 0.5) is 0 Å². The third kappa shape index (κ3) is 9.39. The summed E-state index contributed by atoms with van der Waals surface area (Å²) in [6.07, 6.45) is 6.44. The number of nitrogens with zero attached hydrogens (tertiary/aromatic N) is 3. The standard InChI is InChI=1S/C31H32N6O12S2/c38-16-14-32-28(40)26-22(30(42)36(34-26)18-20-8-4-6-12-24(20)50(44,45)46)10-2-1-3-11-23-27(29(41)33-15-17-39)35-37(31(23)43)19-21-9-5-7-13-25(21)51(47,48)49/h1-13,34,38-39H,14-19H2,(H,32,40)(H,33,41)(H,44,45,46)(H,47,48,49)/b3-1+,10-2+,23-11+. The number of rotatable bonds is 15. The zero-order valence-corrected chi connectivity index (χ0v) is 28.1. The van der Waals surface area contributed by atoms with E-state index >= 15 is 0 Å². The van der Waals surface area contributed by atoms with Crippen LogP contribution in [0.3, 0.4) is 0 Å². The Balaban J connectivity index is 1.65. The normalized spacial score (nSPS) is 14.5. The van der Waals surface area contributed by atoms with E-state index < -0.39 is 73.1 Å². The van der Waals surface area contributed by atoms with Crippen molar-refractivity contribution in [3.8, 4) is 0 Å². The molecule has 0 bridgehead atoms. The Morgan fingerprint density at radius 1 is 0.784 bits per heavy atom. The second kappa shape index (κ2) is 16.5. The molecule has 1 aromatic heterocycles. The first-order valence-corrected chi connectivity index (χ1v) is 17.7. The lowest BCUT2D eigenvalue weighted by Gasteiger charge is -2.13. The van der Waals surface area contributed by atoms with Crippen LogP contribution in [0.1, 0.15) is 27.2 Å². The molecule has 0 spiro atoms. The van der Waals surface area contributed by atoms with Crippen LogP contribution < -0.4 is 16.2 Å². The molecule has 0 saturated heterocycles. The predicted molar refractivity (Wildman–Crippen MR) is 180 cm³/mol. The number of H-pyrrole nitrogens is 1. The number of amides is 3. The molecule has 3 aromatic rings. The maximum absolute atomic E-state index is 13.3. The van der Waals surface area contributed by atoms with Crippen molar-refractivity contribution in [1.82, 2.24) is 25.4 Å². The number of allylic oxidation sites excluding steroid dienone is 4.